The average Bonchev–Trinajstić information content (AvgIpc) is 2.50. The van der Waals surface area contributed by atoms with Crippen LogP contribution in [0.2, 0.25) is 0 Å². The normalized spacial score (nSPS) is 10.9. The van der Waals surface area contributed by atoms with E-state index in [0.717, 1.165) is 24.1 Å². The summed E-state index contributed by atoms with van der Waals surface area (Å²) in [6, 6.07) is 5.70. The lowest BCUT2D eigenvalue weighted by Crippen LogP contribution is -2.25. The van der Waals surface area contributed by atoms with Gasteiger partial charge in [-0.15, -0.1) is 0 Å². The molecular formula is C17H26BrNO2. The number of rotatable bonds is 9. The van der Waals surface area contributed by atoms with Crippen molar-refractivity contribution in [2.75, 3.05) is 20.2 Å². The number of benzene rings is 1. The summed E-state index contributed by atoms with van der Waals surface area (Å²) in [6.07, 6.45) is 4.87. The fourth-order valence-electron chi connectivity index (χ4n) is 2.19. The second-order valence-electron chi connectivity index (χ2n) is 5.28. The Hall–Kier alpha value is -0.870. The Kier molecular flexibility index (Phi) is 8.62. The van der Waals surface area contributed by atoms with Gasteiger partial charge in [0.1, 0.15) is 0 Å². The van der Waals surface area contributed by atoms with Crippen molar-refractivity contribution in [1.29, 1.82) is 0 Å². The van der Waals surface area contributed by atoms with E-state index in [-0.39, 0.29) is 5.97 Å². The van der Waals surface area contributed by atoms with Crippen molar-refractivity contribution in [3.05, 3.63) is 33.8 Å². The third kappa shape index (κ3) is 6.18. The Labute approximate surface area is 136 Å². The standard InChI is InChI=1S/C17H26BrNO2/c1-4-6-10-19(11-7-5-2)13-15-9-8-14(12-16(15)18)17(20)21-3/h8-9,12H,4-7,10-11,13H2,1-3H3. The Morgan fingerprint density at radius 2 is 1.81 bits per heavy atom. The molecule has 0 saturated heterocycles. The average molecular weight is 356 g/mol. The monoisotopic (exact) mass is 355 g/mol. The van der Waals surface area contributed by atoms with Gasteiger partial charge < -0.3 is 4.74 Å². The van der Waals surface area contributed by atoms with Crippen LogP contribution in [-0.4, -0.2) is 31.1 Å². The third-order valence-electron chi connectivity index (χ3n) is 3.52. The van der Waals surface area contributed by atoms with Crippen LogP contribution in [0, 0.1) is 0 Å². The minimum absolute atomic E-state index is 0.295. The Morgan fingerprint density at radius 3 is 2.29 bits per heavy atom. The SMILES string of the molecule is CCCCN(CCCC)Cc1ccc(C(=O)OC)cc1Br. The van der Waals surface area contributed by atoms with Gasteiger partial charge in [0.25, 0.3) is 0 Å². The fourth-order valence-corrected chi connectivity index (χ4v) is 2.70. The van der Waals surface area contributed by atoms with Gasteiger partial charge in [-0.05, 0) is 43.6 Å². The van der Waals surface area contributed by atoms with Crippen LogP contribution in [0.3, 0.4) is 0 Å². The van der Waals surface area contributed by atoms with Crippen LogP contribution in [0.5, 0.6) is 0 Å². The quantitative estimate of drug-likeness (QED) is 0.604. The van der Waals surface area contributed by atoms with Gasteiger partial charge in [-0.1, -0.05) is 48.7 Å². The van der Waals surface area contributed by atoms with Crippen molar-refractivity contribution in [2.24, 2.45) is 0 Å². The molecule has 0 aliphatic heterocycles. The van der Waals surface area contributed by atoms with E-state index < -0.39 is 0 Å². The summed E-state index contributed by atoms with van der Waals surface area (Å²) in [7, 11) is 1.40. The Balaban J connectivity index is 2.75. The van der Waals surface area contributed by atoms with E-state index in [9.17, 15) is 4.79 Å². The number of nitrogens with zero attached hydrogens (tertiary/aromatic N) is 1. The highest BCUT2D eigenvalue weighted by molar-refractivity contribution is 9.10. The Bertz CT molecular complexity index is 440. The molecule has 0 N–H and O–H groups in total. The van der Waals surface area contributed by atoms with Crippen molar-refractivity contribution in [2.45, 2.75) is 46.1 Å². The number of esters is 1. The number of ether oxygens (including phenoxy) is 1. The van der Waals surface area contributed by atoms with E-state index in [1.165, 1.54) is 38.4 Å². The van der Waals surface area contributed by atoms with Crippen LogP contribution in [0.4, 0.5) is 0 Å². The molecular weight excluding hydrogens is 330 g/mol. The topological polar surface area (TPSA) is 29.5 Å². The van der Waals surface area contributed by atoms with Crippen molar-refractivity contribution in [3.8, 4) is 0 Å². The van der Waals surface area contributed by atoms with Crippen molar-refractivity contribution in [1.82, 2.24) is 4.90 Å². The molecule has 0 saturated carbocycles. The number of carbonyl (C=O) groups excluding carboxylic acids is 1. The summed E-state index contributed by atoms with van der Waals surface area (Å²) < 4.78 is 5.72. The van der Waals surface area contributed by atoms with Crippen LogP contribution in [-0.2, 0) is 11.3 Å². The molecule has 0 aliphatic rings. The molecule has 0 aliphatic carbocycles. The molecule has 118 valence electrons. The maximum atomic E-state index is 11.5. The van der Waals surface area contributed by atoms with E-state index in [1.54, 1.807) is 0 Å². The van der Waals surface area contributed by atoms with E-state index in [2.05, 4.69) is 34.7 Å². The number of carbonyl (C=O) groups is 1. The number of methoxy groups -OCH3 is 1. The molecule has 1 aromatic carbocycles. The van der Waals surface area contributed by atoms with E-state index in [4.69, 9.17) is 4.74 Å². The van der Waals surface area contributed by atoms with Gasteiger partial charge in [-0.3, -0.25) is 4.90 Å². The molecule has 0 atom stereocenters. The molecule has 3 nitrogen and oxygen atoms in total. The number of hydrogen-bond donors (Lipinski definition) is 0. The molecule has 0 radical (unpaired) electrons. The lowest BCUT2D eigenvalue weighted by molar-refractivity contribution is 0.0600. The smallest absolute Gasteiger partial charge is 0.337 e. The van der Waals surface area contributed by atoms with Crippen LogP contribution < -0.4 is 0 Å². The largest absolute Gasteiger partial charge is 0.465 e. The van der Waals surface area contributed by atoms with Crippen LogP contribution in [0.15, 0.2) is 22.7 Å². The zero-order chi connectivity index (χ0) is 15.7. The fraction of sp³-hybridized carbons (Fsp3) is 0.588. The van der Waals surface area contributed by atoms with Crippen LogP contribution in [0.1, 0.15) is 55.5 Å². The molecule has 21 heavy (non-hydrogen) atoms. The molecule has 1 aromatic rings. The summed E-state index contributed by atoms with van der Waals surface area (Å²) in [5.41, 5.74) is 1.80. The third-order valence-corrected chi connectivity index (χ3v) is 4.26. The minimum atomic E-state index is -0.295. The van der Waals surface area contributed by atoms with Gasteiger partial charge in [0, 0.05) is 11.0 Å². The number of unbranched alkanes of at least 4 members (excludes halogenated alkanes) is 2. The van der Waals surface area contributed by atoms with E-state index in [0.29, 0.717) is 5.56 Å². The maximum Gasteiger partial charge on any atom is 0.337 e. The molecule has 0 unspecified atom stereocenters. The molecule has 0 aromatic heterocycles. The highest BCUT2D eigenvalue weighted by Gasteiger charge is 2.11. The second-order valence-corrected chi connectivity index (χ2v) is 6.14. The molecule has 4 heteroatoms. The zero-order valence-electron chi connectivity index (χ0n) is 13.3. The molecule has 0 amide bonds. The lowest BCUT2D eigenvalue weighted by atomic mass is 10.1. The zero-order valence-corrected chi connectivity index (χ0v) is 14.9. The summed E-state index contributed by atoms with van der Waals surface area (Å²) >= 11 is 3.58. The predicted molar refractivity (Wildman–Crippen MR) is 90.6 cm³/mol. The maximum absolute atomic E-state index is 11.5. The van der Waals surface area contributed by atoms with Crippen LogP contribution in [0.25, 0.3) is 0 Å². The highest BCUT2D eigenvalue weighted by atomic mass is 79.9. The van der Waals surface area contributed by atoms with Gasteiger partial charge in [-0.25, -0.2) is 4.79 Å². The predicted octanol–water partition coefficient (Wildman–Crippen LogP) is 4.64. The molecule has 1 rings (SSSR count). The lowest BCUT2D eigenvalue weighted by Gasteiger charge is -2.22. The molecule has 0 heterocycles. The van der Waals surface area contributed by atoms with Gasteiger partial charge in [0.05, 0.1) is 12.7 Å². The number of halogens is 1. The van der Waals surface area contributed by atoms with Gasteiger partial charge >= 0.3 is 5.97 Å². The van der Waals surface area contributed by atoms with Crippen molar-refractivity contribution in [3.63, 3.8) is 0 Å². The Morgan fingerprint density at radius 1 is 1.19 bits per heavy atom. The number of hydrogen-bond acceptors (Lipinski definition) is 3. The molecule has 0 fully saturated rings. The first-order chi connectivity index (χ1) is 10.1. The van der Waals surface area contributed by atoms with E-state index >= 15 is 0 Å². The summed E-state index contributed by atoms with van der Waals surface area (Å²) in [5, 5.41) is 0. The van der Waals surface area contributed by atoms with Crippen molar-refractivity contribution >= 4 is 21.9 Å². The van der Waals surface area contributed by atoms with Gasteiger partial charge in [0.15, 0.2) is 0 Å². The van der Waals surface area contributed by atoms with E-state index in [1.807, 2.05) is 18.2 Å². The van der Waals surface area contributed by atoms with Crippen LogP contribution >= 0.6 is 15.9 Å². The summed E-state index contributed by atoms with van der Waals surface area (Å²) in [4.78, 5) is 14.0. The first-order valence-electron chi connectivity index (χ1n) is 7.71. The second kappa shape index (κ2) is 9.96. The molecule has 0 bridgehead atoms. The summed E-state index contributed by atoms with van der Waals surface area (Å²) in [5.74, 6) is -0.295. The first-order valence-corrected chi connectivity index (χ1v) is 8.50. The highest BCUT2D eigenvalue weighted by Crippen LogP contribution is 2.21. The molecule has 0 spiro atoms. The summed E-state index contributed by atoms with van der Waals surface area (Å²) in [6.45, 7) is 7.61. The van der Waals surface area contributed by atoms with Crippen molar-refractivity contribution < 1.29 is 9.53 Å². The first kappa shape index (κ1) is 18.2. The van der Waals surface area contributed by atoms with Gasteiger partial charge in [0.2, 0.25) is 0 Å². The van der Waals surface area contributed by atoms with Gasteiger partial charge in [-0.2, -0.15) is 0 Å². The minimum Gasteiger partial charge on any atom is -0.465 e.